The van der Waals surface area contributed by atoms with Crippen molar-refractivity contribution in [1.29, 1.82) is 0 Å². The van der Waals surface area contributed by atoms with Gasteiger partial charge in [0.1, 0.15) is 5.82 Å². The minimum atomic E-state index is -2.10. The summed E-state index contributed by atoms with van der Waals surface area (Å²) in [5.74, 6) is -0.408. The summed E-state index contributed by atoms with van der Waals surface area (Å²) in [6, 6.07) is 2.95. The summed E-state index contributed by atoms with van der Waals surface area (Å²) in [7, 11) is 0. The highest BCUT2D eigenvalue weighted by molar-refractivity contribution is 7.79. The number of benzene rings is 1. The van der Waals surface area contributed by atoms with E-state index in [1.165, 1.54) is 19.1 Å². The Balaban J connectivity index is 3.36. The zero-order valence-electron chi connectivity index (χ0n) is 6.80. The van der Waals surface area contributed by atoms with Crippen LogP contribution in [0.5, 0.6) is 0 Å². The summed E-state index contributed by atoms with van der Waals surface area (Å²) in [6.45, 7) is 3.11. The minimum absolute atomic E-state index is 0.137. The molecule has 0 bridgehead atoms. The fraction of sp³-hybridized carbons (Fsp3) is 0.250. The van der Waals surface area contributed by atoms with Crippen LogP contribution in [0, 0.1) is 19.7 Å². The molecule has 0 fully saturated rings. The molecule has 1 N–H and O–H groups in total. The van der Waals surface area contributed by atoms with Crippen LogP contribution in [0.4, 0.5) is 4.39 Å². The van der Waals surface area contributed by atoms with Crippen molar-refractivity contribution < 1.29 is 13.2 Å². The summed E-state index contributed by atoms with van der Waals surface area (Å²) in [4.78, 5) is 0.137. The Morgan fingerprint density at radius 1 is 1.42 bits per heavy atom. The van der Waals surface area contributed by atoms with E-state index in [-0.39, 0.29) is 10.5 Å². The van der Waals surface area contributed by atoms with Gasteiger partial charge in [0, 0.05) is 5.56 Å². The van der Waals surface area contributed by atoms with Gasteiger partial charge in [-0.15, -0.1) is 0 Å². The molecule has 4 heteroatoms. The van der Waals surface area contributed by atoms with E-state index >= 15 is 0 Å². The fourth-order valence-corrected chi connectivity index (χ4v) is 1.53. The lowest BCUT2D eigenvalue weighted by Crippen LogP contribution is -1.97. The highest BCUT2D eigenvalue weighted by Crippen LogP contribution is 2.18. The van der Waals surface area contributed by atoms with Gasteiger partial charge in [-0.3, -0.25) is 0 Å². The topological polar surface area (TPSA) is 37.3 Å². The van der Waals surface area contributed by atoms with Crippen LogP contribution in [0.2, 0.25) is 0 Å². The number of halogens is 1. The molecule has 0 saturated carbocycles. The molecule has 1 unspecified atom stereocenters. The summed E-state index contributed by atoms with van der Waals surface area (Å²) < 4.78 is 32.5. The third-order valence-electron chi connectivity index (χ3n) is 1.72. The molecule has 12 heavy (non-hydrogen) atoms. The van der Waals surface area contributed by atoms with Crippen molar-refractivity contribution in [2.24, 2.45) is 0 Å². The molecule has 66 valence electrons. The Hall–Kier alpha value is -0.740. The molecule has 1 aromatic rings. The normalized spacial score (nSPS) is 13.0. The van der Waals surface area contributed by atoms with Crippen LogP contribution in [0.1, 0.15) is 11.1 Å². The Morgan fingerprint density at radius 2 is 2.00 bits per heavy atom. The fourth-order valence-electron chi connectivity index (χ4n) is 0.992. The van der Waals surface area contributed by atoms with Crippen molar-refractivity contribution in [3.8, 4) is 0 Å². The number of rotatable bonds is 1. The van der Waals surface area contributed by atoms with Gasteiger partial charge < -0.3 is 4.55 Å². The Kier molecular flexibility index (Phi) is 2.59. The van der Waals surface area contributed by atoms with Gasteiger partial charge in [-0.1, -0.05) is 6.07 Å². The largest absolute Gasteiger partial charge is 0.302 e. The molecule has 0 aliphatic carbocycles. The predicted octanol–water partition coefficient (Wildman–Crippen LogP) is 2.02. The van der Waals surface area contributed by atoms with E-state index in [1.54, 1.807) is 6.92 Å². The van der Waals surface area contributed by atoms with E-state index in [1.807, 2.05) is 0 Å². The number of aryl methyl sites for hydroxylation is 1. The van der Waals surface area contributed by atoms with E-state index in [4.69, 9.17) is 4.55 Å². The predicted molar refractivity (Wildman–Crippen MR) is 44.9 cm³/mol. The monoisotopic (exact) mass is 188 g/mol. The lowest BCUT2D eigenvalue weighted by atomic mass is 10.1. The Labute approximate surface area is 72.7 Å². The van der Waals surface area contributed by atoms with Gasteiger partial charge in [-0.05, 0) is 25.5 Å². The molecule has 0 spiro atoms. The third-order valence-corrected chi connectivity index (χ3v) is 2.54. The minimum Gasteiger partial charge on any atom is -0.302 e. The van der Waals surface area contributed by atoms with Gasteiger partial charge in [0.25, 0.3) is 0 Å². The van der Waals surface area contributed by atoms with Crippen LogP contribution < -0.4 is 0 Å². The van der Waals surface area contributed by atoms with Crippen molar-refractivity contribution in [3.63, 3.8) is 0 Å². The smallest absolute Gasteiger partial charge is 0.186 e. The molecule has 2 nitrogen and oxygen atoms in total. The van der Waals surface area contributed by atoms with Crippen LogP contribution in [-0.2, 0) is 11.1 Å². The molecule has 0 heterocycles. The van der Waals surface area contributed by atoms with Crippen LogP contribution in [0.3, 0.4) is 0 Å². The quantitative estimate of drug-likeness (QED) is 0.684. The molecule has 1 rings (SSSR count). The van der Waals surface area contributed by atoms with Crippen LogP contribution in [0.25, 0.3) is 0 Å². The molecule has 1 aromatic carbocycles. The second-order valence-electron chi connectivity index (χ2n) is 2.57. The lowest BCUT2D eigenvalue weighted by molar-refractivity contribution is 0.558. The molecule has 0 aliphatic rings. The highest BCUT2D eigenvalue weighted by atomic mass is 32.2. The molecule has 0 amide bonds. The molecule has 1 atom stereocenters. The molecular weight excluding hydrogens is 179 g/mol. The molecule has 0 radical (unpaired) electrons. The van der Waals surface area contributed by atoms with Crippen molar-refractivity contribution in [2.45, 2.75) is 18.7 Å². The van der Waals surface area contributed by atoms with E-state index in [9.17, 15) is 8.60 Å². The summed E-state index contributed by atoms with van der Waals surface area (Å²) in [6.07, 6.45) is 0. The molecule has 0 aliphatic heterocycles. The van der Waals surface area contributed by atoms with Crippen LogP contribution in [0.15, 0.2) is 17.0 Å². The van der Waals surface area contributed by atoms with Crippen molar-refractivity contribution in [3.05, 3.63) is 29.1 Å². The lowest BCUT2D eigenvalue weighted by Gasteiger charge is -2.04. The van der Waals surface area contributed by atoms with E-state index in [0.29, 0.717) is 5.56 Å². The first kappa shape index (κ1) is 9.35. The second kappa shape index (κ2) is 3.33. The standard InChI is InChI=1S/C8H9FO2S/c1-5-3-4-7(12(10)11)6(2)8(5)9/h3-4H,1-2H3,(H,10,11). The zero-order valence-corrected chi connectivity index (χ0v) is 7.61. The Bertz CT molecular complexity index is 336. The first-order valence-corrected chi connectivity index (χ1v) is 4.51. The van der Waals surface area contributed by atoms with Gasteiger partial charge in [0.2, 0.25) is 0 Å². The van der Waals surface area contributed by atoms with Gasteiger partial charge in [-0.2, -0.15) is 0 Å². The van der Waals surface area contributed by atoms with Crippen LogP contribution >= 0.6 is 0 Å². The summed E-state index contributed by atoms with van der Waals surface area (Å²) >= 11 is -2.10. The average Bonchev–Trinajstić information content (AvgIpc) is 2.00. The molecule has 0 saturated heterocycles. The highest BCUT2D eigenvalue weighted by Gasteiger charge is 2.10. The van der Waals surface area contributed by atoms with E-state index in [0.717, 1.165) is 0 Å². The first-order chi connectivity index (χ1) is 5.54. The second-order valence-corrected chi connectivity index (χ2v) is 3.51. The summed E-state index contributed by atoms with van der Waals surface area (Å²) in [5.41, 5.74) is 0.734. The maximum absolute atomic E-state index is 13.1. The van der Waals surface area contributed by atoms with E-state index in [2.05, 4.69) is 0 Å². The van der Waals surface area contributed by atoms with Gasteiger partial charge in [-0.25, -0.2) is 8.60 Å². The zero-order chi connectivity index (χ0) is 9.30. The Morgan fingerprint density at radius 3 is 2.50 bits per heavy atom. The SMILES string of the molecule is Cc1ccc(S(=O)O)c(C)c1F. The maximum atomic E-state index is 13.1. The van der Waals surface area contributed by atoms with Gasteiger partial charge in [0.05, 0.1) is 4.90 Å². The maximum Gasteiger partial charge on any atom is 0.186 e. The average molecular weight is 188 g/mol. The van der Waals surface area contributed by atoms with Gasteiger partial charge >= 0.3 is 0 Å². The first-order valence-electron chi connectivity index (χ1n) is 3.40. The van der Waals surface area contributed by atoms with E-state index < -0.39 is 16.9 Å². The number of hydrogen-bond donors (Lipinski definition) is 1. The van der Waals surface area contributed by atoms with Crippen molar-refractivity contribution in [2.75, 3.05) is 0 Å². The third kappa shape index (κ3) is 1.54. The van der Waals surface area contributed by atoms with Gasteiger partial charge in [0.15, 0.2) is 11.1 Å². The molecular formula is C8H9FO2S. The van der Waals surface area contributed by atoms with Crippen molar-refractivity contribution in [1.82, 2.24) is 0 Å². The number of hydrogen-bond acceptors (Lipinski definition) is 1. The summed E-state index contributed by atoms with van der Waals surface area (Å²) in [5, 5.41) is 0. The van der Waals surface area contributed by atoms with Crippen LogP contribution in [-0.4, -0.2) is 8.76 Å². The molecule has 0 aromatic heterocycles. The van der Waals surface area contributed by atoms with Crippen molar-refractivity contribution >= 4 is 11.1 Å².